The van der Waals surface area contributed by atoms with E-state index >= 15 is 0 Å². The van der Waals surface area contributed by atoms with Crippen LogP contribution in [0.15, 0.2) is 24.5 Å². The van der Waals surface area contributed by atoms with E-state index in [4.69, 9.17) is 11.6 Å². The largest absolute Gasteiger partial charge is 0.265 e. The molecule has 0 aliphatic heterocycles. The summed E-state index contributed by atoms with van der Waals surface area (Å²) in [6.07, 6.45) is 4.55. The zero-order chi connectivity index (χ0) is 14.3. The normalized spacial score (nSPS) is 13.7. The summed E-state index contributed by atoms with van der Waals surface area (Å²) in [5.41, 5.74) is 0.964. The number of nitrogens with one attached hydrogen (secondary N) is 1. The highest BCUT2D eigenvalue weighted by atomic mass is 35.5. The molecular weight excluding hydrogens is 284 g/mol. The Morgan fingerprint density at radius 3 is 2.47 bits per heavy atom. The monoisotopic (exact) mass is 304 g/mol. The molecule has 0 radical (unpaired) electrons. The van der Waals surface area contributed by atoms with Crippen LogP contribution in [-0.2, 0) is 16.4 Å². The summed E-state index contributed by atoms with van der Waals surface area (Å²) >= 11 is 5.80. The first-order valence-corrected chi connectivity index (χ1v) is 8.56. The van der Waals surface area contributed by atoms with E-state index < -0.39 is 10.0 Å². The SMILES string of the molecule is CC(C)CC(CCl)NS(=O)(=O)CCc1ccncc1. The third-order valence-electron chi connectivity index (χ3n) is 2.70. The summed E-state index contributed by atoms with van der Waals surface area (Å²) < 4.78 is 26.6. The van der Waals surface area contributed by atoms with Crippen LogP contribution in [0.4, 0.5) is 0 Å². The zero-order valence-electron chi connectivity index (χ0n) is 11.3. The highest BCUT2D eigenvalue weighted by Crippen LogP contribution is 2.08. The molecule has 0 aromatic carbocycles. The van der Waals surface area contributed by atoms with Crippen molar-refractivity contribution in [1.29, 1.82) is 0 Å². The number of aromatic nitrogens is 1. The van der Waals surface area contributed by atoms with E-state index in [0.717, 1.165) is 12.0 Å². The maximum Gasteiger partial charge on any atom is 0.212 e. The lowest BCUT2D eigenvalue weighted by molar-refractivity contribution is 0.485. The van der Waals surface area contributed by atoms with Gasteiger partial charge in [-0.3, -0.25) is 4.98 Å². The third-order valence-corrected chi connectivity index (χ3v) is 4.50. The molecule has 0 aliphatic carbocycles. The predicted molar refractivity (Wildman–Crippen MR) is 78.8 cm³/mol. The molecule has 0 bridgehead atoms. The van der Waals surface area contributed by atoms with Crippen LogP contribution < -0.4 is 4.72 Å². The van der Waals surface area contributed by atoms with Gasteiger partial charge in [0.2, 0.25) is 10.0 Å². The van der Waals surface area contributed by atoms with Gasteiger partial charge in [-0.15, -0.1) is 11.6 Å². The first-order chi connectivity index (χ1) is 8.93. The van der Waals surface area contributed by atoms with Crippen molar-refractivity contribution in [3.8, 4) is 0 Å². The molecule has 1 rings (SSSR count). The van der Waals surface area contributed by atoms with Crippen molar-refractivity contribution in [1.82, 2.24) is 9.71 Å². The second kappa shape index (κ2) is 7.82. The lowest BCUT2D eigenvalue weighted by atomic mass is 10.1. The summed E-state index contributed by atoms with van der Waals surface area (Å²) in [5.74, 6) is 0.779. The van der Waals surface area contributed by atoms with Gasteiger partial charge in [-0.05, 0) is 36.5 Å². The lowest BCUT2D eigenvalue weighted by Gasteiger charge is -2.18. The summed E-state index contributed by atoms with van der Waals surface area (Å²) in [6.45, 7) is 4.09. The topological polar surface area (TPSA) is 59.1 Å². The number of hydrogen-bond donors (Lipinski definition) is 1. The molecule has 0 amide bonds. The Morgan fingerprint density at radius 2 is 1.95 bits per heavy atom. The first-order valence-electron chi connectivity index (χ1n) is 6.38. The van der Waals surface area contributed by atoms with Gasteiger partial charge in [0, 0.05) is 24.3 Å². The maximum atomic E-state index is 12.0. The number of rotatable bonds is 8. The number of pyridine rings is 1. The number of aryl methyl sites for hydroxylation is 1. The van der Waals surface area contributed by atoms with Crippen LogP contribution in [0, 0.1) is 5.92 Å². The van der Waals surface area contributed by atoms with Gasteiger partial charge in [0.1, 0.15) is 0 Å². The second-order valence-corrected chi connectivity index (χ2v) is 7.21. The van der Waals surface area contributed by atoms with Crippen molar-refractivity contribution in [2.75, 3.05) is 11.6 Å². The molecule has 108 valence electrons. The van der Waals surface area contributed by atoms with Crippen LogP contribution in [0.25, 0.3) is 0 Å². The summed E-state index contributed by atoms with van der Waals surface area (Å²) in [6, 6.07) is 3.45. The molecule has 1 unspecified atom stereocenters. The Hall–Kier alpha value is -0.650. The smallest absolute Gasteiger partial charge is 0.212 e. The Morgan fingerprint density at radius 1 is 1.32 bits per heavy atom. The minimum atomic E-state index is -3.29. The number of nitrogens with zero attached hydrogens (tertiary/aromatic N) is 1. The number of sulfonamides is 1. The Labute approximate surface area is 120 Å². The van der Waals surface area contributed by atoms with Crippen LogP contribution in [0.5, 0.6) is 0 Å². The zero-order valence-corrected chi connectivity index (χ0v) is 12.9. The van der Waals surface area contributed by atoms with Crippen LogP contribution in [0.2, 0.25) is 0 Å². The van der Waals surface area contributed by atoms with Crippen molar-refractivity contribution in [2.45, 2.75) is 32.7 Å². The molecule has 0 saturated heterocycles. The molecule has 6 heteroatoms. The van der Waals surface area contributed by atoms with Crippen molar-refractivity contribution in [3.63, 3.8) is 0 Å². The van der Waals surface area contributed by atoms with E-state index in [0.29, 0.717) is 18.2 Å². The van der Waals surface area contributed by atoms with Gasteiger partial charge in [0.05, 0.1) is 5.75 Å². The first kappa shape index (κ1) is 16.4. The Kier molecular flexibility index (Phi) is 6.75. The predicted octanol–water partition coefficient (Wildman–Crippen LogP) is 2.20. The highest BCUT2D eigenvalue weighted by Gasteiger charge is 2.18. The van der Waals surface area contributed by atoms with Crippen LogP contribution >= 0.6 is 11.6 Å². The molecule has 0 fully saturated rings. The molecular formula is C13H21ClN2O2S. The van der Waals surface area contributed by atoms with Gasteiger partial charge >= 0.3 is 0 Å². The molecule has 4 nitrogen and oxygen atoms in total. The van der Waals surface area contributed by atoms with Crippen LogP contribution in [0.3, 0.4) is 0 Å². The fourth-order valence-corrected chi connectivity index (χ4v) is 3.43. The van der Waals surface area contributed by atoms with Gasteiger partial charge in [-0.2, -0.15) is 0 Å². The van der Waals surface area contributed by atoms with E-state index in [1.165, 1.54) is 0 Å². The lowest BCUT2D eigenvalue weighted by Crippen LogP contribution is -2.38. The van der Waals surface area contributed by atoms with E-state index in [1.54, 1.807) is 12.4 Å². The molecule has 1 aromatic heterocycles. The van der Waals surface area contributed by atoms with Crippen molar-refractivity contribution >= 4 is 21.6 Å². The van der Waals surface area contributed by atoms with Crippen molar-refractivity contribution in [3.05, 3.63) is 30.1 Å². The molecule has 0 spiro atoms. The summed E-state index contributed by atoms with van der Waals surface area (Å²) in [4.78, 5) is 3.90. The number of alkyl halides is 1. The van der Waals surface area contributed by atoms with Crippen LogP contribution in [0.1, 0.15) is 25.8 Å². The second-order valence-electron chi connectivity index (χ2n) is 5.02. The Balaban J connectivity index is 2.51. The molecule has 1 heterocycles. The molecule has 1 atom stereocenters. The third kappa shape index (κ3) is 6.89. The number of hydrogen-bond acceptors (Lipinski definition) is 3. The van der Waals surface area contributed by atoms with Crippen LogP contribution in [-0.4, -0.2) is 31.1 Å². The molecule has 19 heavy (non-hydrogen) atoms. The fraction of sp³-hybridized carbons (Fsp3) is 0.615. The molecule has 1 N–H and O–H groups in total. The van der Waals surface area contributed by atoms with Crippen molar-refractivity contribution in [2.24, 2.45) is 5.92 Å². The minimum Gasteiger partial charge on any atom is -0.265 e. The van der Waals surface area contributed by atoms with Crippen molar-refractivity contribution < 1.29 is 8.42 Å². The van der Waals surface area contributed by atoms with Gasteiger partial charge in [-0.25, -0.2) is 13.1 Å². The highest BCUT2D eigenvalue weighted by molar-refractivity contribution is 7.89. The average molecular weight is 305 g/mol. The quantitative estimate of drug-likeness (QED) is 0.749. The van der Waals surface area contributed by atoms with E-state index in [2.05, 4.69) is 9.71 Å². The average Bonchev–Trinajstić information content (AvgIpc) is 2.36. The van der Waals surface area contributed by atoms with E-state index in [9.17, 15) is 8.42 Å². The fourth-order valence-electron chi connectivity index (χ4n) is 1.83. The van der Waals surface area contributed by atoms with E-state index in [1.807, 2.05) is 26.0 Å². The number of halogens is 1. The molecule has 0 saturated carbocycles. The summed E-state index contributed by atoms with van der Waals surface area (Å²) in [5, 5.41) is 0. The van der Waals surface area contributed by atoms with Gasteiger partial charge in [-0.1, -0.05) is 13.8 Å². The molecule has 0 aliphatic rings. The van der Waals surface area contributed by atoms with Gasteiger partial charge in [0.15, 0.2) is 0 Å². The minimum absolute atomic E-state index is 0.0719. The maximum absolute atomic E-state index is 12.0. The molecule has 1 aromatic rings. The standard InChI is InChI=1S/C13H21ClN2O2S/c1-11(2)9-13(10-14)16-19(17,18)8-5-12-3-6-15-7-4-12/h3-4,6-7,11,13,16H,5,8-10H2,1-2H3. The van der Waals surface area contributed by atoms with Gasteiger partial charge < -0.3 is 0 Å². The van der Waals surface area contributed by atoms with Gasteiger partial charge in [0.25, 0.3) is 0 Å². The van der Waals surface area contributed by atoms with E-state index in [-0.39, 0.29) is 11.8 Å². The summed E-state index contributed by atoms with van der Waals surface area (Å²) in [7, 11) is -3.29. The Bertz CT molecular complexity index is 463.